The molecule has 1 aromatic heterocycles. The first kappa shape index (κ1) is 21.6. The van der Waals surface area contributed by atoms with E-state index in [1.807, 2.05) is 13.8 Å². The number of nitrogens with two attached hydrogens (primary N) is 1. The van der Waals surface area contributed by atoms with Crippen LogP contribution in [0.25, 0.3) is 11.1 Å². The van der Waals surface area contributed by atoms with Crippen molar-refractivity contribution < 1.29 is 22.7 Å². The summed E-state index contributed by atoms with van der Waals surface area (Å²) in [4.78, 5) is 2.58. The summed E-state index contributed by atoms with van der Waals surface area (Å²) in [5.41, 5.74) is 6.41. The lowest BCUT2D eigenvalue weighted by atomic mass is 10.0. The van der Waals surface area contributed by atoms with E-state index in [1.165, 1.54) is 0 Å². The van der Waals surface area contributed by atoms with Crippen molar-refractivity contribution in [3.63, 3.8) is 0 Å². The Morgan fingerprint density at radius 1 is 1.26 bits per heavy atom. The number of hydrogen-bond acceptors (Lipinski definition) is 4. The van der Waals surface area contributed by atoms with Gasteiger partial charge in [0.2, 0.25) is 0 Å². The Hall–Kier alpha value is -1.71. The zero-order chi connectivity index (χ0) is 20.5. The monoisotopic (exact) mass is 482 g/mol. The molecule has 0 saturated carbocycles. The molecule has 0 aliphatic heterocycles. The summed E-state index contributed by atoms with van der Waals surface area (Å²) < 4.78 is 42.5. The molecule has 1 heterocycles. The number of alkyl halides is 3. The lowest BCUT2D eigenvalue weighted by Crippen LogP contribution is -2.04. The van der Waals surface area contributed by atoms with Crippen molar-refractivity contribution in [1.29, 1.82) is 0 Å². The maximum atomic E-state index is 12.4. The van der Waals surface area contributed by atoms with E-state index in [0.29, 0.717) is 10.7 Å². The highest BCUT2D eigenvalue weighted by molar-refractivity contribution is 9.10. The van der Waals surface area contributed by atoms with Gasteiger partial charge in [-0.15, -0.1) is 0 Å². The molecule has 0 aliphatic rings. The summed E-state index contributed by atoms with van der Waals surface area (Å²) in [7, 11) is 0. The zero-order valence-corrected chi connectivity index (χ0v) is 17.3. The van der Waals surface area contributed by atoms with E-state index in [9.17, 15) is 18.3 Å². The molecule has 146 valence electrons. The molecule has 0 saturated heterocycles. The highest BCUT2D eigenvalue weighted by Crippen LogP contribution is 2.35. The second-order valence-electron chi connectivity index (χ2n) is 5.93. The van der Waals surface area contributed by atoms with Crippen LogP contribution in [0.1, 0.15) is 30.9 Å². The van der Waals surface area contributed by atoms with E-state index in [2.05, 4.69) is 33.1 Å². The van der Waals surface area contributed by atoms with Gasteiger partial charge in [0, 0.05) is 10.6 Å². The number of hydrogen-bond donors (Lipinski definition) is 3. The maximum absolute atomic E-state index is 12.4. The molecular formula is C17H15BrClF3N2O2S. The lowest BCUT2D eigenvalue weighted by molar-refractivity contribution is -0.137. The van der Waals surface area contributed by atoms with Crippen molar-refractivity contribution in [2.24, 2.45) is 0 Å². The zero-order valence-electron chi connectivity index (χ0n) is 14.1. The van der Waals surface area contributed by atoms with E-state index >= 15 is 0 Å². The second-order valence-corrected chi connectivity index (χ2v) is 7.60. The molecular weight excluding hydrogens is 469 g/mol. The van der Waals surface area contributed by atoms with Crippen molar-refractivity contribution in [3.05, 3.63) is 49.7 Å². The number of nitrogen functional groups attached to an aromatic ring is 1. The maximum Gasteiger partial charge on any atom is 0.416 e. The van der Waals surface area contributed by atoms with Crippen molar-refractivity contribution in [1.82, 2.24) is 4.98 Å². The van der Waals surface area contributed by atoms with Gasteiger partial charge in [-0.25, -0.2) is 0 Å². The molecule has 0 spiro atoms. The van der Waals surface area contributed by atoms with Crippen molar-refractivity contribution in [2.45, 2.75) is 25.9 Å². The smallest absolute Gasteiger partial charge is 0.416 e. The van der Waals surface area contributed by atoms with Crippen molar-refractivity contribution >= 4 is 56.5 Å². The van der Waals surface area contributed by atoms with E-state index in [1.54, 1.807) is 12.1 Å². The first-order chi connectivity index (χ1) is 12.4. The Balaban J connectivity index is 0.000000199. The summed E-state index contributed by atoms with van der Waals surface area (Å²) in [6, 6.07) is 5.19. The summed E-state index contributed by atoms with van der Waals surface area (Å²) >= 11 is 13.5. The third-order valence-electron chi connectivity index (χ3n) is 3.56. The molecule has 27 heavy (non-hydrogen) atoms. The summed E-state index contributed by atoms with van der Waals surface area (Å²) in [5.74, 6) is 0.375. The Morgan fingerprint density at radius 3 is 2.44 bits per heavy atom. The molecule has 3 rings (SSSR count). The van der Waals surface area contributed by atoms with Gasteiger partial charge in [-0.3, -0.25) is 0 Å². The predicted octanol–water partition coefficient (Wildman–Crippen LogP) is 7.02. The molecule has 0 unspecified atom stereocenters. The van der Waals surface area contributed by atoms with E-state index in [0.717, 1.165) is 17.7 Å². The van der Waals surface area contributed by atoms with Crippen LogP contribution in [0.2, 0.25) is 5.02 Å². The fourth-order valence-electron chi connectivity index (χ4n) is 2.26. The number of aromatic hydroxyl groups is 1. The molecule has 0 amide bonds. The summed E-state index contributed by atoms with van der Waals surface area (Å²) in [6.07, 6.45) is -4.39. The first-order valence-corrected chi connectivity index (χ1v) is 9.15. The number of aromatic nitrogens is 1. The van der Waals surface area contributed by atoms with Crippen LogP contribution in [-0.4, -0.2) is 10.1 Å². The average molecular weight is 484 g/mol. The molecule has 10 heteroatoms. The molecule has 3 aromatic rings. The predicted molar refractivity (Wildman–Crippen MR) is 106 cm³/mol. The third-order valence-corrected chi connectivity index (χ3v) is 4.55. The van der Waals surface area contributed by atoms with Crippen LogP contribution < -0.4 is 5.73 Å². The van der Waals surface area contributed by atoms with Crippen molar-refractivity contribution in [3.8, 4) is 5.75 Å². The number of aromatic amines is 1. The van der Waals surface area contributed by atoms with Gasteiger partial charge in [0.25, 0.3) is 4.84 Å². The number of halogens is 5. The molecule has 0 radical (unpaired) electrons. The van der Waals surface area contributed by atoms with Crippen LogP contribution in [0.15, 0.2) is 33.2 Å². The highest BCUT2D eigenvalue weighted by Gasteiger charge is 2.31. The topological polar surface area (TPSA) is 75.2 Å². The fourth-order valence-corrected chi connectivity index (χ4v) is 3.23. The number of fused-ring (bicyclic) bond motifs is 1. The number of nitrogens with one attached hydrogen (secondary N) is 1. The molecule has 4 nitrogen and oxygen atoms in total. The van der Waals surface area contributed by atoms with E-state index in [4.69, 9.17) is 21.8 Å². The number of rotatable bonds is 1. The standard InChI is InChI=1S/C9H12ClNO.C8H3BrF3NOS/c1-5(2)7-3-6(10)4-8(11)9(7)12;9-4-1-3(8(10,11)12)2-5-6(4)14-7(15)13-5/h3-5,12H,11H2,1-2H3;1-2H,(H,13,15). The van der Waals surface area contributed by atoms with E-state index in [-0.39, 0.29) is 32.1 Å². The highest BCUT2D eigenvalue weighted by atomic mass is 79.9. The fraction of sp³-hybridized carbons (Fsp3) is 0.235. The minimum absolute atomic E-state index is 0.0463. The molecule has 0 bridgehead atoms. The van der Waals surface area contributed by atoms with Gasteiger partial charge in [0.05, 0.1) is 21.2 Å². The minimum atomic E-state index is -4.39. The number of anilines is 1. The van der Waals surface area contributed by atoms with Crippen LogP contribution in [-0.2, 0) is 6.18 Å². The van der Waals surface area contributed by atoms with Gasteiger partial charge >= 0.3 is 6.18 Å². The van der Waals surface area contributed by atoms with Gasteiger partial charge in [0.15, 0.2) is 5.58 Å². The number of oxazole rings is 1. The van der Waals surface area contributed by atoms with Crippen molar-refractivity contribution in [2.75, 3.05) is 5.73 Å². The van der Waals surface area contributed by atoms with Gasteiger partial charge in [-0.05, 0) is 58.3 Å². The Kier molecular flexibility index (Phi) is 6.49. The Labute approximate surface area is 171 Å². The summed E-state index contributed by atoms with van der Waals surface area (Å²) in [6.45, 7) is 3.95. The van der Waals surface area contributed by atoms with Crippen LogP contribution in [0.3, 0.4) is 0 Å². The number of H-pyrrole nitrogens is 1. The molecule has 0 fully saturated rings. The largest absolute Gasteiger partial charge is 0.505 e. The van der Waals surface area contributed by atoms with Crippen LogP contribution >= 0.6 is 39.7 Å². The number of benzene rings is 2. The number of phenols is 1. The summed E-state index contributed by atoms with van der Waals surface area (Å²) in [5, 5.41) is 10.1. The van der Waals surface area contributed by atoms with E-state index < -0.39 is 11.7 Å². The molecule has 0 atom stereocenters. The SMILES string of the molecule is CC(C)c1cc(Cl)cc(N)c1O.FC(F)(F)c1cc(Br)c2oc(=S)[nH]c2c1. The second kappa shape index (κ2) is 8.12. The molecule has 4 N–H and O–H groups in total. The average Bonchev–Trinajstić information content (AvgIpc) is 2.91. The minimum Gasteiger partial charge on any atom is -0.505 e. The normalized spacial score (nSPS) is 11.6. The first-order valence-electron chi connectivity index (χ1n) is 7.57. The molecule has 2 aromatic carbocycles. The Bertz CT molecular complexity index is 1030. The molecule has 0 aliphatic carbocycles. The lowest BCUT2D eigenvalue weighted by Gasteiger charge is -2.10. The van der Waals surface area contributed by atoms with Gasteiger partial charge in [-0.2, -0.15) is 13.2 Å². The van der Waals surface area contributed by atoms with Crippen LogP contribution in [0, 0.1) is 4.84 Å². The van der Waals surface area contributed by atoms with Crippen LogP contribution in [0.5, 0.6) is 5.75 Å². The quantitative estimate of drug-likeness (QED) is 0.197. The van der Waals surface area contributed by atoms with Crippen LogP contribution in [0.4, 0.5) is 18.9 Å². The van der Waals surface area contributed by atoms with Gasteiger partial charge in [0.1, 0.15) is 5.75 Å². The van der Waals surface area contributed by atoms with Gasteiger partial charge < -0.3 is 20.2 Å². The van der Waals surface area contributed by atoms with Gasteiger partial charge in [-0.1, -0.05) is 25.4 Å². The number of phenolic OH excluding ortho intramolecular Hbond substituents is 1. The Morgan fingerprint density at radius 2 is 1.89 bits per heavy atom. The third kappa shape index (κ3) is 5.18.